The van der Waals surface area contributed by atoms with Crippen LogP contribution in [0, 0.1) is 17.8 Å². The number of aliphatic carboxylic acids is 1. The molecule has 0 bridgehead atoms. The highest BCUT2D eigenvalue weighted by Crippen LogP contribution is 2.49. The monoisotopic (exact) mass is 209 g/mol. The van der Waals surface area contributed by atoms with Crippen molar-refractivity contribution in [2.75, 3.05) is 6.54 Å². The molecule has 3 rings (SSSR count). The van der Waals surface area contributed by atoms with Crippen molar-refractivity contribution in [3.8, 4) is 0 Å². The van der Waals surface area contributed by atoms with Gasteiger partial charge in [-0.2, -0.15) is 0 Å². The lowest BCUT2D eigenvalue weighted by molar-refractivity contribution is -0.146. The van der Waals surface area contributed by atoms with Crippen LogP contribution in [0.15, 0.2) is 0 Å². The summed E-state index contributed by atoms with van der Waals surface area (Å²) >= 11 is 0. The summed E-state index contributed by atoms with van der Waals surface area (Å²) in [6.45, 7) is 0.660. The van der Waals surface area contributed by atoms with Crippen molar-refractivity contribution >= 4 is 11.9 Å². The summed E-state index contributed by atoms with van der Waals surface area (Å²) in [7, 11) is 0. The fraction of sp³-hybridized carbons (Fsp3) is 0.818. The smallest absolute Gasteiger partial charge is 0.306 e. The van der Waals surface area contributed by atoms with Crippen LogP contribution in [0.3, 0.4) is 0 Å². The Bertz CT molecular complexity index is 328. The Morgan fingerprint density at radius 2 is 2.13 bits per heavy atom. The van der Waals surface area contributed by atoms with Crippen molar-refractivity contribution in [3.63, 3.8) is 0 Å². The second kappa shape index (κ2) is 2.97. The Morgan fingerprint density at radius 1 is 1.33 bits per heavy atom. The van der Waals surface area contributed by atoms with Crippen molar-refractivity contribution in [2.45, 2.75) is 31.7 Å². The van der Waals surface area contributed by atoms with Gasteiger partial charge < -0.3 is 10.0 Å². The molecular formula is C11H15NO3. The van der Waals surface area contributed by atoms with E-state index in [0.29, 0.717) is 31.2 Å². The summed E-state index contributed by atoms with van der Waals surface area (Å²) in [5, 5.41) is 8.99. The summed E-state index contributed by atoms with van der Waals surface area (Å²) in [4.78, 5) is 24.7. The van der Waals surface area contributed by atoms with Crippen LogP contribution in [-0.2, 0) is 9.59 Å². The predicted molar refractivity (Wildman–Crippen MR) is 52.1 cm³/mol. The lowest BCUT2D eigenvalue weighted by Gasteiger charge is -2.37. The number of carbonyl (C=O) groups excluding carboxylic acids is 1. The molecule has 2 aliphatic heterocycles. The Balaban J connectivity index is 1.80. The maximum atomic E-state index is 11.9. The van der Waals surface area contributed by atoms with Gasteiger partial charge in [0.1, 0.15) is 0 Å². The topological polar surface area (TPSA) is 57.6 Å². The van der Waals surface area contributed by atoms with Crippen LogP contribution in [0.5, 0.6) is 0 Å². The number of fused-ring (bicyclic) bond motifs is 3. The second-order valence-electron chi connectivity index (χ2n) is 5.01. The standard InChI is InChI=1S/C11H15NO3/c13-10-8-2-1-7(8)9-5-6(11(14)15)3-4-12(9)10/h6-9H,1-5H2,(H,14,15)/t6?,7-,8+,9?/m1/s1. The van der Waals surface area contributed by atoms with Gasteiger partial charge >= 0.3 is 5.97 Å². The van der Waals surface area contributed by atoms with E-state index in [2.05, 4.69) is 0 Å². The molecule has 0 aromatic rings. The number of carboxylic acids is 1. The van der Waals surface area contributed by atoms with E-state index in [1.165, 1.54) is 0 Å². The van der Waals surface area contributed by atoms with E-state index >= 15 is 0 Å². The van der Waals surface area contributed by atoms with Crippen molar-refractivity contribution in [3.05, 3.63) is 0 Å². The molecule has 15 heavy (non-hydrogen) atoms. The van der Waals surface area contributed by atoms with Crippen molar-refractivity contribution in [1.29, 1.82) is 0 Å². The number of hydrogen-bond donors (Lipinski definition) is 1. The zero-order valence-electron chi connectivity index (χ0n) is 8.56. The van der Waals surface area contributed by atoms with E-state index < -0.39 is 5.97 Å². The van der Waals surface area contributed by atoms with Gasteiger partial charge in [0.25, 0.3) is 0 Å². The molecule has 0 aromatic carbocycles. The summed E-state index contributed by atoms with van der Waals surface area (Å²) < 4.78 is 0. The summed E-state index contributed by atoms with van der Waals surface area (Å²) in [5.41, 5.74) is 0. The minimum absolute atomic E-state index is 0.224. The first-order chi connectivity index (χ1) is 7.18. The first-order valence-corrected chi connectivity index (χ1v) is 5.72. The van der Waals surface area contributed by atoms with Gasteiger partial charge in [0.15, 0.2) is 0 Å². The Labute approximate surface area is 88.2 Å². The highest BCUT2D eigenvalue weighted by Gasteiger charge is 2.54. The Morgan fingerprint density at radius 3 is 2.73 bits per heavy atom. The van der Waals surface area contributed by atoms with Crippen LogP contribution in [0.4, 0.5) is 0 Å². The van der Waals surface area contributed by atoms with Gasteiger partial charge in [-0.15, -0.1) is 0 Å². The molecule has 2 unspecified atom stereocenters. The number of hydrogen-bond acceptors (Lipinski definition) is 2. The average Bonchev–Trinajstić information content (AvgIpc) is 2.32. The molecule has 3 aliphatic rings. The van der Waals surface area contributed by atoms with Crippen molar-refractivity contribution < 1.29 is 14.7 Å². The number of nitrogens with zero attached hydrogens (tertiary/aromatic N) is 1. The van der Waals surface area contributed by atoms with Crippen molar-refractivity contribution in [2.24, 2.45) is 17.8 Å². The van der Waals surface area contributed by atoms with E-state index in [1.54, 1.807) is 0 Å². The van der Waals surface area contributed by atoms with Gasteiger partial charge in [0.05, 0.1) is 5.92 Å². The van der Waals surface area contributed by atoms with Gasteiger partial charge in [-0.1, -0.05) is 0 Å². The van der Waals surface area contributed by atoms with Crippen LogP contribution in [0.2, 0.25) is 0 Å². The molecule has 82 valence electrons. The van der Waals surface area contributed by atoms with E-state index in [1.807, 2.05) is 4.90 Å². The highest BCUT2D eigenvalue weighted by atomic mass is 16.4. The third-order valence-electron chi connectivity index (χ3n) is 4.42. The third-order valence-corrected chi connectivity index (χ3v) is 4.42. The lowest BCUT2D eigenvalue weighted by atomic mass is 9.70. The van der Waals surface area contributed by atoms with Crippen LogP contribution in [-0.4, -0.2) is 34.5 Å². The minimum atomic E-state index is -0.690. The average molecular weight is 209 g/mol. The molecule has 0 spiro atoms. The fourth-order valence-corrected chi connectivity index (χ4v) is 3.41. The predicted octanol–water partition coefficient (Wildman–Crippen LogP) is 0.718. The van der Waals surface area contributed by atoms with E-state index in [4.69, 9.17) is 5.11 Å². The summed E-state index contributed by atoms with van der Waals surface area (Å²) in [5.74, 6) is 0.0885. The van der Waals surface area contributed by atoms with Crippen LogP contribution in [0.25, 0.3) is 0 Å². The van der Waals surface area contributed by atoms with Crippen LogP contribution >= 0.6 is 0 Å². The maximum Gasteiger partial charge on any atom is 0.306 e. The number of rotatable bonds is 1. The molecule has 3 fully saturated rings. The second-order valence-corrected chi connectivity index (χ2v) is 5.01. The molecular weight excluding hydrogens is 194 g/mol. The minimum Gasteiger partial charge on any atom is -0.481 e. The lowest BCUT2D eigenvalue weighted by Crippen LogP contribution is -2.44. The normalized spacial score (nSPS) is 43.2. The molecule has 0 aromatic heterocycles. The van der Waals surface area contributed by atoms with Crippen LogP contribution in [0.1, 0.15) is 25.7 Å². The first kappa shape index (κ1) is 9.19. The van der Waals surface area contributed by atoms with Gasteiger partial charge in [0, 0.05) is 18.5 Å². The first-order valence-electron chi connectivity index (χ1n) is 5.72. The molecule has 4 nitrogen and oxygen atoms in total. The molecule has 2 saturated heterocycles. The molecule has 1 saturated carbocycles. The van der Waals surface area contributed by atoms with Gasteiger partial charge in [-0.05, 0) is 31.6 Å². The maximum absolute atomic E-state index is 11.9. The Kier molecular flexibility index (Phi) is 1.82. The highest BCUT2D eigenvalue weighted by molar-refractivity contribution is 5.83. The number of piperidine rings is 1. The Hall–Kier alpha value is -1.06. The fourth-order valence-electron chi connectivity index (χ4n) is 3.41. The van der Waals surface area contributed by atoms with Gasteiger partial charge in [0.2, 0.25) is 5.91 Å². The number of amides is 1. The third kappa shape index (κ3) is 1.13. The summed E-state index contributed by atoms with van der Waals surface area (Å²) in [6, 6.07) is 0.242. The molecule has 1 N–H and O–H groups in total. The van der Waals surface area contributed by atoms with Gasteiger partial charge in [-0.25, -0.2) is 0 Å². The van der Waals surface area contributed by atoms with E-state index in [-0.39, 0.29) is 17.9 Å². The molecule has 4 atom stereocenters. The summed E-state index contributed by atoms with van der Waals surface area (Å²) in [6.07, 6.45) is 3.46. The zero-order chi connectivity index (χ0) is 10.6. The van der Waals surface area contributed by atoms with Gasteiger partial charge in [-0.3, -0.25) is 9.59 Å². The quantitative estimate of drug-likeness (QED) is 0.692. The molecule has 1 aliphatic carbocycles. The zero-order valence-corrected chi connectivity index (χ0v) is 8.56. The van der Waals surface area contributed by atoms with Crippen molar-refractivity contribution in [1.82, 2.24) is 4.90 Å². The molecule has 0 radical (unpaired) electrons. The molecule has 2 heterocycles. The largest absolute Gasteiger partial charge is 0.481 e. The molecule has 1 amide bonds. The van der Waals surface area contributed by atoms with Crippen LogP contribution < -0.4 is 0 Å². The van der Waals surface area contributed by atoms with E-state index in [9.17, 15) is 9.59 Å². The number of carbonyl (C=O) groups is 2. The van der Waals surface area contributed by atoms with E-state index in [0.717, 1.165) is 12.8 Å². The number of carboxylic acid groups (broad SMARTS) is 1. The SMILES string of the molecule is O=C(O)C1CCN2C(=O)[C@H]3CC[C@H]3C2C1. The molecule has 4 heteroatoms.